The van der Waals surface area contributed by atoms with E-state index in [2.05, 4.69) is 37.9 Å². The van der Waals surface area contributed by atoms with Gasteiger partial charge in [0.25, 0.3) is 0 Å². The molecule has 0 fully saturated rings. The van der Waals surface area contributed by atoms with E-state index in [0.717, 1.165) is 22.9 Å². The highest BCUT2D eigenvalue weighted by Crippen LogP contribution is 2.24. The molecule has 4 heteroatoms. The third-order valence-corrected chi connectivity index (χ3v) is 3.62. The van der Waals surface area contributed by atoms with E-state index in [9.17, 15) is 4.79 Å². The Hall–Kier alpha value is -2.88. The Labute approximate surface area is 142 Å². The van der Waals surface area contributed by atoms with Crippen LogP contribution in [-0.2, 0) is 10.2 Å². The molecule has 2 aromatic carbocycles. The smallest absolute Gasteiger partial charge is 0.328 e. The third kappa shape index (κ3) is 4.81. The molecule has 0 aliphatic rings. The van der Waals surface area contributed by atoms with Crippen molar-refractivity contribution in [3.8, 4) is 0 Å². The van der Waals surface area contributed by atoms with Crippen LogP contribution in [0.3, 0.4) is 0 Å². The number of nitrogen functional groups attached to an aromatic ring is 1. The van der Waals surface area contributed by atoms with Crippen molar-refractivity contribution in [3.05, 3.63) is 65.2 Å². The third-order valence-electron chi connectivity index (χ3n) is 3.62. The molecule has 4 nitrogen and oxygen atoms in total. The predicted octanol–water partition coefficient (Wildman–Crippen LogP) is 4.41. The summed E-state index contributed by atoms with van der Waals surface area (Å²) in [5.74, 6) is -0.985. The first-order valence-corrected chi connectivity index (χ1v) is 7.71. The standard InChI is InChI=1S/C20H22N2O2/c1-20(2,3)16-6-8-17(9-7-16)22-13-15-12-14(4-10-18(15)21)5-11-19(23)24/h4-13H,21H2,1-3H3,(H,23,24)/b11-5+,22-13?. The van der Waals surface area contributed by atoms with Crippen molar-refractivity contribution in [2.75, 3.05) is 5.73 Å². The number of benzene rings is 2. The van der Waals surface area contributed by atoms with Crippen LogP contribution in [0.1, 0.15) is 37.5 Å². The second-order valence-corrected chi connectivity index (χ2v) is 6.61. The van der Waals surface area contributed by atoms with Gasteiger partial charge < -0.3 is 10.8 Å². The van der Waals surface area contributed by atoms with Crippen LogP contribution in [0.25, 0.3) is 6.08 Å². The van der Waals surface area contributed by atoms with E-state index < -0.39 is 5.97 Å². The van der Waals surface area contributed by atoms with Crippen molar-refractivity contribution in [3.63, 3.8) is 0 Å². The lowest BCUT2D eigenvalue weighted by atomic mass is 9.87. The van der Waals surface area contributed by atoms with Crippen LogP contribution in [-0.4, -0.2) is 17.3 Å². The molecule has 0 aliphatic carbocycles. The van der Waals surface area contributed by atoms with E-state index in [1.165, 1.54) is 11.6 Å². The Morgan fingerprint density at radius 2 is 1.79 bits per heavy atom. The molecule has 3 N–H and O–H groups in total. The van der Waals surface area contributed by atoms with E-state index in [1.807, 2.05) is 18.2 Å². The highest BCUT2D eigenvalue weighted by atomic mass is 16.4. The summed E-state index contributed by atoms with van der Waals surface area (Å²) in [5, 5.41) is 8.69. The van der Waals surface area contributed by atoms with Gasteiger partial charge in [-0.3, -0.25) is 4.99 Å². The molecule has 0 radical (unpaired) electrons. The SMILES string of the molecule is CC(C)(C)c1ccc(N=Cc2cc(/C=C/C(=O)O)ccc2N)cc1. The van der Waals surface area contributed by atoms with Gasteiger partial charge in [-0.25, -0.2) is 4.79 Å². The first-order chi connectivity index (χ1) is 11.3. The molecular weight excluding hydrogens is 300 g/mol. The van der Waals surface area contributed by atoms with Crippen LogP contribution in [0.2, 0.25) is 0 Å². The minimum Gasteiger partial charge on any atom is -0.478 e. The number of aliphatic carboxylic acids is 1. The molecule has 0 amide bonds. The molecule has 0 saturated carbocycles. The fourth-order valence-electron chi connectivity index (χ4n) is 2.17. The Bertz CT molecular complexity index is 782. The van der Waals surface area contributed by atoms with Crippen LogP contribution in [0.15, 0.2) is 53.5 Å². The average Bonchev–Trinajstić information content (AvgIpc) is 2.52. The van der Waals surface area contributed by atoms with Crippen molar-refractivity contribution in [2.45, 2.75) is 26.2 Å². The highest BCUT2D eigenvalue weighted by molar-refractivity contribution is 5.90. The zero-order valence-corrected chi connectivity index (χ0v) is 14.2. The summed E-state index contributed by atoms with van der Waals surface area (Å²) < 4.78 is 0. The van der Waals surface area contributed by atoms with Crippen LogP contribution in [0.4, 0.5) is 11.4 Å². The fourth-order valence-corrected chi connectivity index (χ4v) is 2.17. The van der Waals surface area contributed by atoms with Gasteiger partial charge in [-0.2, -0.15) is 0 Å². The minimum atomic E-state index is -0.985. The Morgan fingerprint density at radius 3 is 2.38 bits per heavy atom. The number of rotatable bonds is 4. The van der Waals surface area contributed by atoms with Crippen LogP contribution >= 0.6 is 0 Å². The Balaban J connectivity index is 2.22. The van der Waals surface area contributed by atoms with Crippen LogP contribution < -0.4 is 5.73 Å². The molecule has 0 unspecified atom stereocenters. The summed E-state index contributed by atoms with van der Waals surface area (Å²) in [5.41, 5.74) is 10.3. The van der Waals surface area contributed by atoms with Crippen molar-refractivity contribution in [1.82, 2.24) is 0 Å². The molecule has 24 heavy (non-hydrogen) atoms. The monoisotopic (exact) mass is 322 g/mol. The van der Waals surface area contributed by atoms with Crippen LogP contribution in [0, 0.1) is 0 Å². The van der Waals surface area contributed by atoms with Gasteiger partial charge in [0, 0.05) is 23.5 Å². The lowest BCUT2D eigenvalue weighted by Gasteiger charge is -2.18. The second kappa shape index (κ2) is 7.13. The van der Waals surface area contributed by atoms with Gasteiger partial charge >= 0.3 is 5.97 Å². The first kappa shape index (κ1) is 17.5. The molecule has 2 rings (SSSR count). The lowest BCUT2D eigenvalue weighted by molar-refractivity contribution is -0.131. The molecule has 0 saturated heterocycles. The van der Waals surface area contributed by atoms with E-state index in [-0.39, 0.29) is 5.41 Å². The average molecular weight is 322 g/mol. The number of carboxylic acids is 1. The van der Waals surface area contributed by atoms with Crippen molar-refractivity contribution >= 4 is 29.6 Å². The normalized spacial score (nSPS) is 12.1. The number of anilines is 1. The Morgan fingerprint density at radius 1 is 1.12 bits per heavy atom. The molecule has 0 bridgehead atoms. The quantitative estimate of drug-likeness (QED) is 0.497. The largest absolute Gasteiger partial charge is 0.478 e. The zero-order chi connectivity index (χ0) is 17.7. The summed E-state index contributed by atoms with van der Waals surface area (Å²) in [7, 11) is 0. The van der Waals surface area contributed by atoms with Gasteiger partial charge in [0.15, 0.2) is 0 Å². The second-order valence-electron chi connectivity index (χ2n) is 6.61. The topological polar surface area (TPSA) is 75.7 Å². The van der Waals surface area contributed by atoms with E-state index >= 15 is 0 Å². The maximum absolute atomic E-state index is 10.6. The maximum atomic E-state index is 10.6. The number of carboxylic acid groups (broad SMARTS) is 1. The molecule has 0 aromatic heterocycles. The summed E-state index contributed by atoms with van der Waals surface area (Å²) >= 11 is 0. The highest BCUT2D eigenvalue weighted by Gasteiger charge is 2.12. The van der Waals surface area contributed by atoms with E-state index in [0.29, 0.717) is 5.69 Å². The minimum absolute atomic E-state index is 0.109. The summed E-state index contributed by atoms with van der Waals surface area (Å²) in [6.45, 7) is 6.51. The summed E-state index contributed by atoms with van der Waals surface area (Å²) in [4.78, 5) is 15.0. The summed E-state index contributed by atoms with van der Waals surface area (Å²) in [6, 6.07) is 13.4. The van der Waals surface area contributed by atoms with Crippen LogP contribution in [0.5, 0.6) is 0 Å². The van der Waals surface area contributed by atoms with Crippen molar-refractivity contribution < 1.29 is 9.90 Å². The summed E-state index contributed by atoms with van der Waals surface area (Å²) in [6.07, 6.45) is 4.31. The van der Waals surface area contributed by atoms with Gasteiger partial charge in [0.1, 0.15) is 0 Å². The lowest BCUT2D eigenvalue weighted by Crippen LogP contribution is -2.10. The number of hydrogen-bond acceptors (Lipinski definition) is 3. The van der Waals surface area contributed by atoms with Crippen molar-refractivity contribution in [2.24, 2.45) is 4.99 Å². The van der Waals surface area contributed by atoms with Gasteiger partial charge in [0.05, 0.1) is 5.69 Å². The molecule has 0 spiro atoms. The number of nitrogens with zero attached hydrogens (tertiary/aromatic N) is 1. The molecular formula is C20H22N2O2. The van der Waals surface area contributed by atoms with E-state index in [1.54, 1.807) is 18.3 Å². The van der Waals surface area contributed by atoms with Gasteiger partial charge in [0.2, 0.25) is 0 Å². The molecule has 124 valence electrons. The zero-order valence-electron chi connectivity index (χ0n) is 14.2. The molecule has 2 aromatic rings. The number of hydrogen-bond donors (Lipinski definition) is 2. The van der Waals surface area contributed by atoms with Gasteiger partial charge in [-0.1, -0.05) is 39.0 Å². The van der Waals surface area contributed by atoms with E-state index in [4.69, 9.17) is 10.8 Å². The van der Waals surface area contributed by atoms with Gasteiger partial charge in [-0.15, -0.1) is 0 Å². The number of aliphatic imine (C=N–C) groups is 1. The molecule has 0 heterocycles. The Kier molecular flexibility index (Phi) is 5.19. The number of carbonyl (C=O) groups is 1. The van der Waals surface area contributed by atoms with Crippen molar-refractivity contribution in [1.29, 1.82) is 0 Å². The number of nitrogens with two attached hydrogens (primary N) is 1. The molecule has 0 aliphatic heterocycles. The molecule has 0 atom stereocenters. The predicted molar refractivity (Wildman–Crippen MR) is 99.9 cm³/mol. The fraction of sp³-hybridized carbons (Fsp3) is 0.200. The van der Waals surface area contributed by atoms with Gasteiger partial charge in [-0.05, 0) is 46.9 Å². The maximum Gasteiger partial charge on any atom is 0.328 e. The first-order valence-electron chi connectivity index (χ1n) is 7.71.